The second-order valence-corrected chi connectivity index (χ2v) is 3.20. The Kier molecular flexibility index (Phi) is 4.72. The molecule has 1 aromatic carbocycles. The van der Waals surface area contributed by atoms with Crippen LogP contribution in [-0.2, 0) is 6.54 Å². The van der Waals surface area contributed by atoms with E-state index >= 15 is 0 Å². The highest BCUT2D eigenvalue weighted by atomic mass is 32.1. The second kappa shape index (κ2) is 5.89. The summed E-state index contributed by atoms with van der Waals surface area (Å²) in [5.74, 6) is 1.77. The van der Waals surface area contributed by atoms with Crippen LogP contribution in [0.4, 0.5) is 0 Å². The minimum absolute atomic E-state index is 0.871. The summed E-state index contributed by atoms with van der Waals surface area (Å²) in [6.45, 7) is 1.83. The summed E-state index contributed by atoms with van der Waals surface area (Å²) in [6, 6.07) is 8.06. The van der Waals surface area contributed by atoms with Crippen LogP contribution in [0, 0.1) is 0 Å². The van der Waals surface area contributed by atoms with Gasteiger partial charge in [-0.2, -0.15) is 12.6 Å². The normalized spacial score (nSPS) is 10.0. The number of hydrogen-bond donors (Lipinski definition) is 2. The van der Waals surface area contributed by atoms with Crippen molar-refractivity contribution in [2.75, 3.05) is 19.4 Å². The Balaban J connectivity index is 2.40. The number of thiol groups is 1. The second-order valence-electron chi connectivity index (χ2n) is 2.75. The lowest BCUT2D eigenvalue weighted by molar-refractivity contribution is 0.414. The van der Waals surface area contributed by atoms with Gasteiger partial charge in [-0.1, -0.05) is 12.1 Å². The van der Waals surface area contributed by atoms with Gasteiger partial charge >= 0.3 is 0 Å². The molecule has 0 aromatic heterocycles. The fourth-order valence-corrected chi connectivity index (χ4v) is 1.21. The van der Waals surface area contributed by atoms with Crippen molar-refractivity contribution < 1.29 is 4.74 Å². The fourth-order valence-electron chi connectivity index (χ4n) is 1.06. The minimum atomic E-state index is 0.871. The largest absolute Gasteiger partial charge is 0.497 e. The molecule has 1 rings (SSSR count). The number of rotatable bonds is 5. The highest BCUT2D eigenvalue weighted by molar-refractivity contribution is 7.80. The van der Waals surface area contributed by atoms with Gasteiger partial charge in [0.15, 0.2) is 0 Å². The predicted octanol–water partition coefficient (Wildman–Crippen LogP) is 1.71. The maximum atomic E-state index is 5.06. The Bertz CT molecular complexity index is 235. The number of benzene rings is 1. The Labute approximate surface area is 84.7 Å². The lowest BCUT2D eigenvalue weighted by Gasteiger charge is -2.04. The summed E-state index contributed by atoms with van der Waals surface area (Å²) in [6.07, 6.45) is 0. The molecule has 0 spiro atoms. The van der Waals surface area contributed by atoms with Gasteiger partial charge in [0, 0.05) is 18.8 Å². The van der Waals surface area contributed by atoms with Crippen molar-refractivity contribution in [3.8, 4) is 5.75 Å². The third kappa shape index (κ3) is 3.70. The summed E-state index contributed by atoms with van der Waals surface area (Å²) in [5.41, 5.74) is 1.27. The lowest BCUT2D eigenvalue weighted by atomic mass is 10.2. The van der Waals surface area contributed by atoms with Gasteiger partial charge in [0.1, 0.15) is 5.75 Å². The van der Waals surface area contributed by atoms with Crippen molar-refractivity contribution >= 4 is 12.6 Å². The lowest BCUT2D eigenvalue weighted by Crippen LogP contribution is -2.15. The quantitative estimate of drug-likeness (QED) is 0.554. The number of ether oxygens (including phenoxy) is 1. The number of nitrogens with one attached hydrogen (secondary N) is 1. The van der Waals surface area contributed by atoms with E-state index in [2.05, 4.69) is 30.1 Å². The molecule has 3 heteroatoms. The van der Waals surface area contributed by atoms with E-state index in [-0.39, 0.29) is 0 Å². The Morgan fingerprint density at radius 3 is 2.54 bits per heavy atom. The van der Waals surface area contributed by atoms with Crippen molar-refractivity contribution in [2.24, 2.45) is 0 Å². The van der Waals surface area contributed by atoms with Crippen LogP contribution in [0.15, 0.2) is 24.3 Å². The van der Waals surface area contributed by atoms with Crippen molar-refractivity contribution in [3.05, 3.63) is 29.8 Å². The van der Waals surface area contributed by atoms with E-state index in [1.165, 1.54) is 5.56 Å². The van der Waals surface area contributed by atoms with Gasteiger partial charge in [-0.15, -0.1) is 0 Å². The van der Waals surface area contributed by atoms with E-state index in [9.17, 15) is 0 Å². The average molecular weight is 197 g/mol. The van der Waals surface area contributed by atoms with Crippen LogP contribution < -0.4 is 10.1 Å². The van der Waals surface area contributed by atoms with Gasteiger partial charge < -0.3 is 10.1 Å². The molecule has 0 atom stereocenters. The molecule has 0 aliphatic carbocycles. The highest BCUT2D eigenvalue weighted by Gasteiger charge is 1.92. The van der Waals surface area contributed by atoms with E-state index < -0.39 is 0 Å². The average Bonchev–Trinajstić information content (AvgIpc) is 2.19. The molecular weight excluding hydrogens is 182 g/mol. The number of methoxy groups -OCH3 is 1. The summed E-state index contributed by atoms with van der Waals surface area (Å²) in [5, 5.41) is 3.27. The molecule has 0 bridgehead atoms. The first-order valence-corrected chi connectivity index (χ1v) is 4.94. The highest BCUT2D eigenvalue weighted by Crippen LogP contribution is 2.10. The van der Waals surface area contributed by atoms with E-state index in [4.69, 9.17) is 4.74 Å². The van der Waals surface area contributed by atoms with Crippen molar-refractivity contribution in [3.63, 3.8) is 0 Å². The molecule has 0 heterocycles. The van der Waals surface area contributed by atoms with E-state index in [0.29, 0.717) is 0 Å². The summed E-state index contributed by atoms with van der Waals surface area (Å²) in [7, 11) is 1.67. The van der Waals surface area contributed by atoms with Gasteiger partial charge in [0.25, 0.3) is 0 Å². The van der Waals surface area contributed by atoms with Crippen molar-refractivity contribution in [1.29, 1.82) is 0 Å². The summed E-state index contributed by atoms with van der Waals surface area (Å²) in [4.78, 5) is 0. The van der Waals surface area contributed by atoms with Crippen LogP contribution in [0.1, 0.15) is 5.56 Å². The Morgan fingerprint density at radius 2 is 2.00 bits per heavy atom. The van der Waals surface area contributed by atoms with Crippen LogP contribution >= 0.6 is 12.6 Å². The molecule has 0 saturated carbocycles. The maximum Gasteiger partial charge on any atom is 0.118 e. The fraction of sp³-hybridized carbons (Fsp3) is 0.400. The van der Waals surface area contributed by atoms with Crippen molar-refractivity contribution in [1.82, 2.24) is 5.32 Å². The molecule has 0 aliphatic rings. The predicted molar refractivity (Wildman–Crippen MR) is 58.6 cm³/mol. The summed E-state index contributed by atoms with van der Waals surface area (Å²) < 4.78 is 5.06. The first-order chi connectivity index (χ1) is 6.36. The third-order valence-corrected chi connectivity index (χ3v) is 2.00. The first-order valence-electron chi connectivity index (χ1n) is 4.31. The molecule has 1 aromatic rings. The molecule has 72 valence electrons. The molecule has 13 heavy (non-hydrogen) atoms. The summed E-state index contributed by atoms with van der Waals surface area (Å²) >= 11 is 4.12. The van der Waals surface area contributed by atoms with Crippen LogP contribution in [0.5, 0.6) is 5.75 Å². The maximum absolute atomic E-state index is 5.06. The third-order valence-electron chi connectivity index (χ3n) is 1.78. The molecule has 2 nitrogen and oxygen atoms in total. The number of hydrogen-bond acceptors (Lipinski definition) is 3. The van der Waals surface area contributed by atoms with Crippen LogP contribution in [-0.4, -0.2) is 19.4 Å². The zero-order chi connectivity index (χ0) is 9.52. The molecule has 0 unspecified atom stereocenters. The van der Waals surface area contributed by atoms with E-state index in [1.54, 1.807) is 7.11 Å². The van der Waals surface area contributed by atoms with Crippen molar-refractivity contribution in [2.45, 2.75) is 6.54 Å². The van der Waals surface area contributed by atoms with Gasteiger partial charge in [-0.05, 0) is 17.7 Å². The van der Waals surface area contributed by atoms with Crippen LogP contribution in [0.25, 0.3) is 0 Å². The van der Waals surface area contributed by atoms with Gasteiger partial charge in [0.2, 0.25) is 0 Å². The molecule has 0 saturated heterocycles. The molecular formula is C10H15NOS. The molecule has 0 aliphatic heterocycles. The monoisotopic (exact) mass is 197 g/mol. The first kappa shape index (κ1) is 10.4. The zero-order valence-electron chi connectivity index (χ0n) is 7.79. The van der Waals surface area contributed by atoms with Gasteiger partial charge in [0.05, 0.1) is 7.11 Å². The zero-order valence-corrected chi connectivity index (χ0v) is 8.68. The standard InChI is InChI=1S/C10H15NOS/c1-12-10-4-2-9(3-5-10)8-11-6-7-13/h2-5,11,13H,6-8H2,1H3. The topological polar surface area (TPSA) is 21.3 Å². The Morgan fingerprint density at radius 1 is 1.31 bits per heavy atom. The molecule has 0 fully saturated rings. The molecule has 0 amide bonds. The van der Waals surface area contributed by atoms with Crippen LogP contribution in [0.2, 0.25) is 0 Å². The smallest absolute Gasteiger partial charge is 0.118 e. The van der Waals surface area contributed by atoms with E-state index in [0.717, 1.165) is 24.6 Å². The minimum Gasteiger partial charge on any atom is -0.497 e. The van der Waals surface area contributed by atoms with Crippen LogP contribution in [0.3, 0.4) is 0 Å². The molecule has 1 N–H and O–H groups in total. The van der Waals surface area contributed by atoms with E-state index in [1.807, 2.05) is 12.1 Å². The van der Waals surface area contributed by atoms with Gasteiger partial charge in [-0.3, -0.25) is 0 Å². The van der Waals surface area contributed by atoms with Gasteiger partial charge in [-0.25, -0.2) is 0 Å². The molecule has 0 radical (unpaired) electrons. The Hall–Kier alpha value is -0.670. The SMILES string of the molecule is COc1ccc(CNCCS)cc1.